The summed E-state index contributed by atoms with van der Waals surface area (Å²) >= 11 is 0. The molecule has 0 radical (unpaired) electrons. The van der Waals surface area contributed by atoms with E-state index in [9.17, 15) is 4.39 Å². The molecular formula is C12H11FO2. The third-order valence-electron chi connectivity index (χ3n) is 2.43. The number of fused-ring (bicyclic) bond motifs is 1. The first-order chi connectivity index (χ1) is 7.27. The smallest absolute Gasteiger partial charge is 0.131 e. The molecule has 0 bridgehead atoms. The molecule has 2 aromatic rings. The van der Waals surface area contributed by atoms with E-state index in [-0.39, 0.29) is 12.4 Å². The molecule has 1 N–H and O–H groups in total. The van der Waals surface area contributed by atoms with Crippen LogP contribution < -0.4 is 4.74 Å². The van der Waals surface area contributed by atoms with Gasteiger partial charge in [-0.2, -0.15) is 0 Å². The zero-order chi connectivity index (χ0) is 10.8. The maximum Gasteiger partial charge on any atom is 0.131 e. The fourth-order valence-corrected chi connectivity index (χ4v) is 1.71. The lowest BCUT2D eigenvalue weighted by Gasteiger charge is -2.09. The molecule has 0 aromatic heterocycles. The van der Waals surface area contributed by atoms with E-state index in [1.807, 2.05) is 0 Å². The van der Waals surface area contributed by atoms with Crippen LogP contribution in [-0.4, -0.2) is 12.2 Å². The Morgan fingerprint density at radius 2 is 2.07 bits per heavy atom. The number of aliphatic hydroxyl groups excluding tert-OH is 1. The van der Waals surface area contributed by atoms with Crippen molar-refractivity contribution in [3.05, 3.63) is 41.7 Å². The van der Waals surface area contributed by atoms with E-state index in [4.69, 9.17) is 9.84 Å². The van der Waals surface area contributed by atoms with Crippen LogP contribution in [0, 0.1) is 5.82 Å². The Morgan fingerprint density at radius 3 is 2.73 bits per heavy atom. The summed E-state index contributed by atoms with van der Waals surface area (Å²) in [6.07, 6.45) is 0. The van der Waals surface area contributed by atoms with E-state index in [0.29, 0.717) is 22.1 Å². The lowest BCUT2D eigenvalue weighted by atomic mass is 10.0. The van der Waals surface area contributed by atoms with Gasteiger partial charge in [-0.25, -0.2) is 4.39 Å². The van der Waals surface area contributed by atoms with Gasteiger partial charge in [-0.05, 0) is 17.7 Å². The van der Waals surface area contributed by atoms with E-state index in [0.717, 1.165) is 0 Å². The standard InChI is InChI=1S/C12H11FO2/c1-15-11-4-2-3-9-10(13)6-5-8(7-14)12(9)11/h2-6,14H,7H2,1H3. The second-order valence-corrected chi connectivity index (χ2v) is 3.25. The van der Waals surface area contributed by atoms with Gasteiger partial charge in [0.05, 0.1) is 13.7 Å². The van der Waals surface area contributed by atoms with Gasteiger partial charge in [-0.15, -0.1) is 0 Å². The minimum atomic E-state index is -0.305. The maximum atomic E-state index is 13.5. The average molecular weight is 206 g/mol. The molecule has 0 atom stereocenters. The topological polar surface area (TPSA) is 29.5 Å². The molecule has 0 saturated heterocycles. The largest absolute Gasteiger partial charge is 0.496 e. The van der Waals surface area contributed by atoms with Crippen molar-refractivity contribution in [2.24, 2.45) is 0 Å². The number of halogens is 1. The Kier molecular flexibility index (Phi) is 2.56. The third kappa shape index (κ3) is 1.55. The van der Waals surface area contributed by atoms with Gasteiger partial charge in [0.2, 0.25) is 0 Å². The fraction of sp³-hybridized carbons (Fsp3) is 0.167. The molecule has 2 rings (SSSR count). The number of rotatable bonds is 2. The number of aliphatic hydroxyl groups is 1. The Bertz CT molecular complexity index is 484. The van der Waals surface area contributed by atoms with Crippen LogP contribution in [0.1, 0.15) is 5.56 Å². The van der Waals surface area contributed by atoms with Crippen LogP contribution in [0.15, 0.2) is 30.3 Å². The number of benzene rings is 2. The van der Waals surface area contributed by atoms with Crippen molar-refractivity contribution in [3.63, 3.8) is 0 Å². The molecule has 15 heavy (non-hydrogen) atoms. The summed E-state index contributed by atoms with van der Waals surface area (Å²) < 4.78 is 18.6. The van der Waals surface area contributed by atoms with Crippen molar-refractivity contribution in [2.75, 3.05) is 7.11 Å². The normalized spacial score (nSPS) is 10.6. The maximum absolute atomic E-state index is 13.5. The second-order valence-electron chi connectivity index (χ2n) is 3.25. The molecule has 0 heterocycles. The second kappa shape index (κ2) is 3.87. The van der Waals surface area contributed by atoms with E-state index in [1.54, 1.807) is 24.3 Å². The predicted molar refractivity (Wildman–Crippen MR) is 56.4 cm³/mol. The molecule has 0 saturated carbocycles. The van der Waals surface area contributed by atoms with Gasteiger partial charge < -0.3 is 9.84 Å². The lowest BCUT2D eigenvalue weighted by Crippen LogP contribution is -1.92. The first-order valence-corrected chi connectivity index (χ1v) is 4.63. The van der Waals surface area contributed by atoms with Crippen LogP contribution in [0.25, 0.3) is 10.8 Å². The zero-order valence-electron chi connectivity index (χ0n) is 8.33. The molecule has 0 aliphatic heterocycles. The third-order valence-corrected chi connectivity index (χ3v) is 2.43. The van der Waals surface area contributed by atoms with Gasteiger partial charge in [0.15, 0.2) is 0 Å². The van der Waals surface area contributed by atoms with E-state index >= 15 is 0 Å². The molecule has 0 fully saturated rings. The minimum absolute atomic E-state index is 0.128. The van der Waals surface area contributed by atoms with E-state index < -0.39 is 0 Å². The van der Waals surface area contributed by atoms with Crippen molar-refractivity contribution in [1.82, 2.24) is 0 Å². The minimum Gasteiger partial charge on any atom is -0.496 e. The van der Waals surface area contributed by atoms with Gasteiger partial charge >= 0.3 is 0 Å². The molecule has 0 aliphatic rings. The number of hydrogen-bond donors (Lipinski definition) is 1. The molecule has 0 unspecified atom stereocenters. The van der Waals surface area contributed by atoms with Crippen molar-refractivity contribution >= 4 is 10.8 Å². The van der Waals surface area contributed by atoms with Crippen LogP contribution in [0.5, 0.6) is 5.75 Å². The molecule has 0 aliphatic carbocycles. The van der Waals surface area contributed by atoms with E-state index in [2.05, 4.69) is 0 Å². The summed E-state index contributed by atoms with van der Waals surface area (Å²) in [5.41, 5.74) is 0.670. The summed E-state index contributed by atoms with van der Waals surface area (Å²) in [5.74, 6) is 0.275. The van der Waals surface area contributed by atoms with Crippen molar-refractivity contribution in [3.8, 4) is 5.75 Å². The van der Waals surface area contributed by atoms with Crippen LogP contribution >= 0.6 is 0 Å². The van der Waals surface area contributed by atoms with Gasteiger partial charge in [0.1, 0.15) is 11.6 Å². The lowest BCUT2D eigenvalue weighted by molar-refractivity contribution is 0.283. The first kappa shape index (κ1) is 9.93. The van der Waals surface area contributed by atoms with Crippen molar-refractivity contribution in [1.29, 1.82) is 0 Å². The molecule has 0 amide bonds. The highest BCUT2D eigenvalue weighted by molar-refractivity contribution is 5.91. The molecule has 3 heteroatoms. The monoisotopic (exact) mass is 206 g/mol. The highest BCUT2D eigenvalue weighted by Crippen LogP contribution is 2.30. The summed E-state index contributed by atoms with van der Waals surface area (Å²) in [6.45, 7) is -0.128. The first-order valence-electron chi connectivity index (χ1n) is 4.63. The molecule has 78 valence electrons. The summed E-state index contributed by atoms with van der Waals surface area (Å²) in [4.78, 5) is 0. The Morgan fingerprint density at radius 1 is 1.27 bits per heavy atom. The quantitative estimate of drug-likeness (QED) is 0.817. The van der Waals surface area contributed by atoms with Crippen LogP contribution in [0.4, 0.5) is 4.39 Å². The zero-order valence-corrected chi connectivity index (χ0v) is 8.33. The van der Waals surface area contributed by atoms with Gasteiger partial charge in [0, 0.05) is 10.8 Å². The van der Waals surface area contributed by atoms with Crippen molar-refractivity contribution < 1.29 is 14.2 Å². The summed E-state index contributed by atoms with van der Waals surface area (Å²) in [5, 5.41) is 10.3. The average Bonchev–Trinajstić information content (AvgIpc) is 2.29. The van der Waals surface area contributed by atoms with Gasteiger partial charge in [0.25, 0.3) is 0 Å². The summed E-state index contributed by atoms with van der Waals surface area (Å²) in [6, 6.07) is 8.08. The Balaban J connectivity index is 2.87. The van der Waals surface area contributed by atoms with Gasteiger partial charge in [-0.3, -0.25) is 0 Å². The van der Waals surface area contributed by atoms with Crippen LogP contribution in [0.2, 0.25) is 0 Å². The predicted octanol–water partition coefficient (Wildman–Crippen LogP) is 2.48. The van der Waals surface area contributed by atoms with Gasteiger partial charge in [-0.1, -0.05) is 18.2 Å². The highest BCUT2D eigenvalue weighted by Gasteiger charge is 2.09. The van der Waals surface area contributed by atoms with Crippen LogP contribution in [0.3, 0.4) is 0 Å². The molecule has 2 aromatic carbocycles. The number of hydrogen-bond acceptors (Lipinski definition) is 2. The Hall–Kier alpha value is -1.61. The highest BCUT2D eigenvalue weighted by atomic mass is 19.1. The number of ether oxygens (including phenoxy) is 1. The Labute approximate surface area is 86.9 Å². The van der Waals surface area contributed by atoms with E-state index in [1.165, 1.54) is 13.2 Å². The fourth-order valence-electron chi connectivity index (χ4n) is 1.71. The van der Waals surface area contributed by atoms with Crippen molar-refractivity contribution in [2.45, 2.75) is 6.61 Å². The molecular weight excluding hydrogens is 195 g/mol. The van der Waals surface area contributed by atoms with Crippen LogP contribution in [-0.2, 0) is 6.61 Å². The molecule has 2 nitrogen and oxygen atoms in total. The SMILES string of the molecule is COc1cccc2c(F)ccc(CO)c12. The summed E-state index contributed by atoms with van der Waals surface area (Å²) in [7, 11) is 1.53. The molecule has 0 spiro atoms. The number of methoxy groups -OCH3 is 1.